The molecule has 128 valence electrons. The highest BCUT2D eigenvalue weighted by Gasteiger charge is 2.41. The molecule has 0 aliphatic carbocycles. The van der Waals surface area contributed by atoms with Crippen molar-refractivity contribution in [3.05, 3.63) is 27.0 Å². The molecule has 2 atom stereocenters. The van der Waals surface area contributed by atoms with Crippen LogP contribution in [0.15, 0.2) is 20.7 Å². The molecule has 3 rings (SSSR count). The van der Waals surface area contributed by atoms with Crippen molar-refractivity contribution in [2.75, 3.05) is 19.6 Å². The van der Waals surface area contributed by atoms with E-state index in [0.29, 0.717) is 13.1 Å². The van der Waals surface area contributed by atoms with Crippen molar-refractivity contribution in [2.24, 2.45) is 14.1 Å². The molecular formula is C14H22N4O4S. The minimum Gasteiger partial charge on any atom is -0.302 e. The van der Waals surface area contributed by atoms with E-state index in [9.17, 15) is 18.0 Å². The van der Waals surface area contributed by atoms with Crippen molar-refractivity contribution < 1.29 is 8.42 Å². The average Bonchev–Trinajstić information content (AvgIpc) is 2.94. The molecule has 2 aliphatic rings. The number of aryl methyl sites for hydroxylation is 1. The van der Waals surface area contributed by atoms with Crippen molar-refractivity contribution in [3.8, 4) is 0 Å². The fraction of sp³-hybridized carbons (Fsp3) is 0.714. The van der Waals surface area contributed by atoms with Gasteiger partial charge in [0.15, 0.2) is 4.90 Å². The van der Waals surface area contributed by atoms with Crippen LogP contribution < -0.4 is 11.2 Å². The third kappa shape index (κ3) is 2.56. The number of hydrogen-bond acceptors (Lipinski definition) is 5. The van der Waals surface area contributed by atoms with Crippen LogP contribution in [0.1, 0.15) is 19.8 Å². The second-order valence-electron chi connectivity index (χ2n) is 6.47. The minimum absolute atomic E-state index is 0.198. The first-order chi connectivity index (χ1) is 10.7. The highest BCUT2D eigenvalue weighted by molar-refractivity contribution is 7.89. The van der Waals surface area contributed by atoms with Gasteiger partial charge in [-0.1, -0.05) is 0 Å². The maximum absolute atomic E-state index is 13.0. The third-order valence-corrected chi connectivity index (χ3v) is 6.84. The number of sulfonamides is 1. The lowest BCUT2D eigenvalue weighted by molar-refractivity contribution is 0.117. The van der Waals surface area contributed by atoms with Gasteiger partial charge in [0.05, 0.1) is 0 Å². The molecule has 1 aromatic rings. The van der Waals surface area contributed by atoms with E-state index >= 15 is 0 Å². The summed E-state index contributed by atoms with van der Waals surface area (Å²) in [5.74, 6) is 0. The number of aromatic nitrogens is 2. The lowest BCUT2D eigenvalue weighted by atomic mass is 10.1. The Morgan fingerprint density at radius 3 is 2.57 bits per heavy atom. The fourth-order valence-electron chi connectivity index (χ4n) is 3.57. The van der Waals surface area contributed by atoms with Gasteiger partial charge in [-0.3, -0.25) is 14.3 Å². The molecule has 1 aromatic heterocycles. The van der Waals surface area contributed by atoms with Crippen LogP contribution in [0.4, 0.5) is 0 Å². The van der Waals surface area contributed by atoms with Gasteiger partial charge in [-0.05, 0) is 26.3 Å². The average molecular weight is 342 g/mol. The molecule has 23 heavy (non-hydrogen) atoms. The number of nitrogens with zero attached hydrogens (tertiary/aromatic N) is 4. The zero-order valence-corrected chi connectivity index (χ0v) is 14.4. The van der Waals surface area contributed by atoms with Crippen molar-refractivity contribution in [1.82, 2.24) is 18.3 Å². The fourth-order valence-corrected chi connectivity index (χ4v) is 5.38. The minimum atomic E-state index is -3.93. The van der Waals surface area contributed by atoms with Gasteiger partial charge < -0.3 is 4.57 Å². The van der Waals surface area contributed by atoms with Crippen LogP contribution in [-0.4, -0.2) is 58.5 Å². The smallest absolute Gasteiger partial charge is 0.302 e. The Balaban J connectivity index is 2.05. The van der Waals surface area contributed by atoms with Crippen LogP contribution in [0.3, 0.4) is 0 Å². The Morgan fingerprint density at radius 2 is 1.87 bits per heavy atom. The summed E-state index contributed by atoms with van der Waals surface area (Å²) in [6.07, 6.45) is 3.19. The third-order valence-electron chi connectivity index (χ3n) is 4.88. The van der Waals surface area contributed by atoms with Gasteiger partial charge in [0.25, 0.3) is 5.56 Å². The zero-order chi connectivity index (χ0) is 16.9. The maximum atomic E-state index is 13.0. The van der Waals surface area contributed by atoms with E-state index in [1.807, 2.05) is 6.92 Å². The Bertz CT molecular complexity index is 841. The summed E-state index contributed by atoms with van der Waals surface area (Å²) in [7, 11) is -1.19. The van der Waals surface area contributed by atoms with E-state index in [-0.39, 0.29) is 17.0 Å². The summed E-state index contributed by atoms with van der Waals surface area (Å²) in [6.45, 7) is 3.94. The molecule has 0 aromatic carbocycles. The quantitative estimate of drug-likeness (QED) is 0.684. The standard InChI is InChI=1S/C14H22N4O4S/c1-10-7-17-6-4-5-11(17)8-18(10)23(21,22)12-9-15(2)14(20)16(3)13(12)19/h9-11H,4-8H2,1-3H3/t10-,11+/m0/s1. The van der Waals surface area contributed by atoms with Gasteiger partial charge in [0, 0.05) is 45.5 Å². The lowest BCUT2D eigenvalue weighted by Crippen LogP contribution is -2.57. The summed E-state index contributed by atoms with van der Waals surface area (Å²) in [6, 6.07) is 0.0219. The van der Waals surface area contributed by atoms with Crippen LogP contribution >= 0.6 is 0 Å². The highest BCUT2D eigenvalue weighted by atomic mass is 32.2. The monoisotopic (exact) mass is 342 g/mol. The molecule has 2 fully saturated rings. The zero-order valence-electron chi connectivity index (χ0n) is 13.6. The van der Waals surface area contributed by atoms with Crippen LogP contribution in [0, 0.1) is 0 Å². The molecule has 0 spiro atoms. The second kappa shape index (κ2) is 5.57. The van der Waals surface area contributed by atoms with Crippen LogP contribution in [-0.2, 0) is 24.1 Å². The van der Waals surface area contributed by atoms with Gasteiger partial charge in [-0.15, -0.1) is 0 Å². The molecule has 0 N–H and O–H groups in total. The van der Waals surface area contributed by atoms with E-state index in [2.05, 4.69) is 4.90 Å². The molecule has 8 nitrogen and oxygen atoms in total. The molecule has 3 heterocycles. The van der Waals surface area contributed by atoms with E-state index in [1.165, 1.54) is 18.4 Å². The van der Waals surface area contributed by atoms with E-state index < -0.39 is 21.3 Å². The second-order valence-corrected chi connectivity index (χ2v) is 8.32. The Morgan fingerprint density at radius 1 is 1.17 bits per heavy atom. The van der Waals surface area contributed by atoms with Gasteiger partial charge >= 0.3 is 5.69 Å². The molecule has 9 heteroatoms. The maximum Gasteiger partial charge on any atom is 0.330 e. The number of fused-ring (bicyclic) bond motifs is 1. The van der Waals surface area contributed by atoms with Crippen molar-refractivity contribution in [1.29, 1.82) is 0 Å². The molecule has 2 aliphatic heterocycles. The highest BCUT2D eigenvalue weighted by Crippen LogP contribution is 2.27. The van der Waals surface area contributed by atoms with Crippen molar-refractivity contribution >= 4 is 10.0 Å². The van der Waals surface area contributed by atoms with Gasteiger partial charge in [0.1, 0.15) is 0 Å². The molecular weight excluding hydrogens is 320 g/mol. The van der Waals surface area contributed by atoms with E-state index in [1.54, 1.807) is 0 Å². The molecule has 2 saturated heterocycles. The molecule has 0 saturated carbocycles. The molecule has 0 radical (unpaired) electrons. The van der Waals surface area contributed by atoms with Gasteiger partial charge in [-0.25, -0.2) is 13.2 Å². The lowest BCUT2D eigenvalue weighted by Gasteiger charge is -2.41. The summed E-state index contributed by atoms with van der Waals surface area (Å²) in [4.78, 5) is 26.1. The topological polar surface area (TPSA) is 84.6 Å². The van der Waals surface area contributed by atoms with Crippen LogP contribution in [0.25, 0.3) is 0 Å². The predicted molar refractivity (Wildman–Crippen MR) is 84.9 cm³/mol. The van der Waals surface area contributed by atoms with Crippen molar-refractivity contribution in [3.63, 3.8) is 0 Å². The van der Waals surface area contributed by atoms with E-state index in [4.69, 9.17) is 0 Å². The van der Waals surface area contributed by atoms with E-state index in [0.717, 1.165) is 34.7 Å². The summed E-state index contributed by atoms with van der Waals surface area (Å²) in [5, 5.41) is 0. The molecule has 0 unspecified atom stereocenters. The number of rotatable bonds is 2. The Labute approximate surface area is 135 Å². The van der Waals surface area contributed by atoms with Gasteiger partial charge in [0.2, 0.25) is 10.0 Å². The first kappa shape index (κ1) is 16.4. The normalized spacial score (nSPS) is 26.4. The summed E-state index contributed by atoms with van der Waals surface area (Å²) >= 11 is 0. The largest absolute Gasteiger partial charge is 0.330 e. The summed E-state index contributed by atoms with van der Waals surface area (Å²) < 4.78 is 29.4. The Kier molecular flexibility index (Phi) is 3.97. The Hall–Kier alpha value is -1.45. The number of hydrogen-bond donors (Lipinski definition) is 0. The first-order valence-corrected chi connectivity index (χ1v) is 9.20. The number of piperazine rings is 1. The van der Waals surface area contributed by atoms with Gasteiger partial charge in [-0.2, -0.15) is 4.31 Å². The van der Waals surface area contributed by atoms with Crippen LogP contribution in [0.2, 0.25) is 0 Å². The van der Waals surface area contributed by atoms with Crippen LogP contribution in [0.5, 0.6) is 0 Å². The van der Waals surface area contributed by atoms with Crippen molar-refractivity contribution in [2.45, 2.75) is 36.7 Å². The predicted octanol–water partition coefficient (Wildman–Crippen LogP) is -1.06. The molecule has 0 bridgehead atoms. The SMILES string of the molecule is C[C@H]1CN2CCC[C@@H]2CN1S(=O)(=O)c1cn(C)c(=O)n(C)c1=O. The summed E-state index contributed by atoms with van der Waals surface area (Å²) in [5.41, 5.74) is -1.31. The first-order valence-electron chi connectivity index (χ1n) is 7.76. The molecule has 0 amide bonds.